The highest BCUT2D eigenvalue weighted by Gasteiger charge is 2.36. The summed E-state index contributed by atoms with van der Waals surface area (Å²) in [7, 11) is 4.82. The number of β-amino-alcohol motifs (C(OH)–C–C–N with tert-alkyl or cyclic N) is 1. The van der Waals surface area contributed by atoms with Crippen LogP contribution in [0.1, 0.15) is 30.5 Å². The quantitative estimate of drug-likeness (QED) is 0.766. The molecule has 2 aromatic carbocycles. The van der Waals surface area contributed by atoms with Gasteiger partial charge in [0.15, 0.2) is 11.5 Å². The lowest BCUT2D eigenvalue weighted by atomic mass is 9.93. The molecule has 2 aliphatic heterocycles. The number of carbonyl (C=O) groups is 1. The number of amides is 2. The molecule has 2 heterocycles. The largest absolute Gasteiger partial charge is 0.493 e. The van der Waals surface area contributed by atoms with Crippen molar-refractivity contribution in [3.63, 3.8) is 0 Å². The van der Waals surface area contributed by atoms with Gasteiger partial charge in [0, 0.05) is 37.0 Å². The van der Waals surface area contributed by atoms with Gasteiger partial charge in [-0.3, -0.25) is 0 Å². The Morgan fingerprint density at radius 1 is 1.16 bits per heavy atom. The van der Waals surface area contributed by atoms with E-state index in [-0.39, 0.29) is 12.1 Å². The van der Waals surface area contributed by atoms with Crippen LogP contribution < -0.4 is 19.7 Å². The van der Waals surface area contributed by atoms with Crippen LogP contribution in [-0.4, -0.2) is 67.9 Å². The average Bonchev–Trinajstić information content (AvgIpc) is 2.91. The molecule has 0 radical (unpaired) electrons. The van der Waals surface area contributed by atoms with E-state index in [4.69, 9.17) is 14.6 Å². The van der Waals surface area contributed by atoms with E-state index < -0.39 is 5.60 Å². The van der Waals surface area contributed by atoms with Crippen LogP contribution in [0.5, 0.6) is 11.5 Å². The second-order valence-corrected chi connectivity index (χ2v) is 8.67. The number of nitrogens with one attached hydrogen (secondary N) is 1. The molecule has 0 aliphatic carbocycles. The monoisotopic (exact) mass is 438 g/mol. The number of hydrogen-bond acceptors (Lipinski definition) is 6. The second-order valence-electron chi connectivity index (χ2n) is 8.67. The summed E-state index contributed by atoms with van der Waals surface area (Å²) in [6, 6.07) is 11.5. The van der Waals surface area contributed by atoms with E-state index in [2.05, 4.69) is 10.2 Å². The molecule has 32 heavy (non-hydrogen) atoms. The minimum Gasteiger partial charge on any atom is -0.493 e. The summed E-state index contributed by atoms with van der Waals surface area (Å²) in [4.78, 5) is 14.7. The van der Waals surface area contributed by atoms with Crippen molar-refractivity contribution in [1.82, 2.24) is 10.3 Å². The van der Waals surface area contributed by atoms with Gasteiger partial charge in [-0.15, -0.1) is 0 Å². The number of fused-ring (bicyclic) bond motifs is 1. The number of carbonyl (C=O) groups excluding carboxylic acids is 1. The standard InChI is InChI=1S/C24H30N4O4/c1-15-10-17-11-20(31-4)21(32-5)12-19(17)22(26-28(15)23(29)25-3)16-6-8-18(9-7-16)27-13-24(2,30)14-27/h6-9,11-12,15,30H,10,13-14H2,1-5H3,(H,25,29)/t15-/m0/s1. The highest BCUT2D eigenvalue weighted by Crippen LogP contribution is 2.35. The Labute approximate surface area is 188 Å². The summed E-state index contributed by atoms with van der Waals surface area (Å²) in [5.74, 6) is 1.26. The SMILES string of the molecule is CNC(=O)N1N=C(c2ccc(N3CC(C)(O)C3)cc2)c2cc(OC)c(OC)cc2C[C@@H]1C. The third kappa shape index (κ3) is 3.98. The Hall–Kier alpha value is -3.26. The van der Waals surface area contributed by atoms with Crippen molar-refractivity contribution >= 4 is 17.4 Å². The molecule has 1 fully saturated rings. The van der Waals surface area contributed by atoms with Crippen LogP contribution in [0.15, 0.2) is 41.5 Å². The first kappa shape index (κ1) is 22.0. The fraction of sp³-hybridized carbons (Fsp3) is 0.417. The smallest absolute Gasteiger partial charge is 0.337 e. The van der Waals surface area contributed by atoms with E-state index in [1.807, 2.05) is 50.2 Å². The third-order valence-corrected chi connectivity index (χ3v) is 6.00. The minimum atomic E-state index is -0.636. The number of benzene rings is 2. The lowest BCUT2D eigenvalue weighted by Gasteiger charge is -2.45. The van der Waals surface area contributed by atoms with Crippen LogP contribution in [-0.2, 0) is 6.42 Å². The zero-order valence-electron chi connectivity index (χ0n) is 19.2. The van der Waals surface area contributed by atoms with Gasteiger partial charge in [0.25, 0.3) is 0 Å². The Balaban J connectivity index is 1.79. The van der Waals surface area contributed by atoms with Crippen LogP contribution in [0.2, 0.25) is 0 Å². The first-order valence-corrected chi connectivity index (χ1v) is 10.7. The van der Waals surface area contributed by atoms with Crippen molar-refractivity contribution in [2.75, 3.05) is 39.3 Å². The highest BCUT2D eigenvalue weighted by molar-refractivity contribution is 6.14. The molecule has 4 rings (SSSR count). The number of hydrazone groups is 1. The molecule has 2 aromatic rings. The van der Waals surface area contributed by atoms with Gasteiger partial charge in [-0.05, 0) is 50.1 Å². The van der Waals surface area contributed by atoms with Crippen LogP contribution in [0, 0.1) is 0 Å². The molecule has 1 saturated heterocycles. The molecule has 0 unspecified atom stereocenters. The van der Waals surface area contributed by atoms with E-state index in [0.717, 1.165) is 22.4 Å². The Bertz CT molecular complexity index is 1040. The molecule has 0 aromatic heterocycles. The normalized spacial score (nSPS) is 19.3. The Morgan fingerprint density at radius 2 is 1.78 bits per heavy atom. The van der Waals surface area contributed by atoms with E-state index in [0.29, 0.717) is 36.7 Å². The van der Waals surface area contributed by atoms with Gasteiger partial charge in [-0.25, -0.2) is 9.80 Å². The highest BCUT2D eigenvalue weighted by atomic mass is 16.5. The number of methoxy groups -OCH3 is 2. The molecule has 0 saturated carbocycles. The first-order valence-electron chi connectivity index (χ1n) is 10.7. The van der Waals surface area contributed by atoms with Crippen LogP contribution in [0.25, 0.3) is 0 Å². The zero-order valence-corrected chi connectivity index (χ0v) is 19.2. The summed E-state index contributed by atoms with van der Waals surface area (Å²) < 4.78 is 11.0. The molecule has 8 nitrogen and oxygen atoms in total. The van der Waals surface area contributed by atoms with E-state index in [1.165, 1.54) is 5.01 Å². The summed E-state index contributed by atoms with van der Waals surface area (Å²) in [6.07, 6.45) is 0.622. The lowest BCUT2D eigenvalue weighted by molar-refractivity contribution is 0.0310. The molecule has 0 bridgehead atoms. The van der Waals surface area contributed by atoms with Crippen LogP contribution >= 0.6 is 0 Å². The number of urea groups is 1. The summed E-state index contributed by atoms with van der Waals surface area (Å²) >= 11 is 0. The van der Waals surface area contributed by atoms with Gasteiger partial charge in [0.05, 0.1) is 31.6 Å². The molecule has 1 atom stereocenters. The van der Waals surface area contributed by atoms with Crippen molar-refractivity contribution in [3.05, 3.63) is 53.1 Å². The lowest BCUT2D eigenvalue weighted by Crippen LogP contribution is -2.60. The first-order chi connectivity index (χ1) is 15.3. The number of hydrogen-bond donors (Lipinski definition) is 2. The fourth-order valence-electron chi connectivity index (χ4n) is 4.34. The predicted octanol–water partition coefficient (Wildman–Crippen LogP) is 2.61. The van der Waals surface area contributed by atoms with E-state index in [9.17, 15) is 9.90 Å². The van der Waals surface area contributed by atoms with Crippen LogP contribution in [0.4, 0.5) is 10.5 Å². The third-order valence-electron chi connectivity index (χ3n) is 6.00. The maximum atomic E-state index is 12.6. The molecule has 2 aliphatic rings. The van der Waals surface area contributed by atoms with Gasteiger partial charge in [0.1, 0.15) is 0 Å². The number of anilines is 1. The van der Waals surface area contributed by atoms with Gasteiger partial charge >= 0.3 is 6.03 Å². The van der Waals surface area contributed by atoms with Crippen molar-refractivity contribution in [3.8, 4) is 11.5 Å². The molecular formula is C24H30N4O4. The zero-order chi connectivity index (χ0) is 23.0. The molecule has 2 N–H and O–H groups in total. The van der Waals surface area contributed by atoms with Crippen molar-refractivity contribution in [2.24, 2.45) is 5.10 Å². The van der Waals surface area contributed by atoms with Gasteiger partial charge in [0.2, 0.25) is 0 Å². The molecule has 2 amide bonds. The fourth-order valence-corrected chi connectivity index (χ4v) is 4.34. The minimum absolute atomic E-state index is 0.146. The summed E-state index contributed by atoms with van der Waals surface area (Å²) in [5.41, 5.74) is 3.92. The Kier molecular flexibility index (Phi) is 5.73. The molecule has 170 valence electrons. The molecular weight excluding hydrogens is 408 g/mol. The second kappa shape index (κ2) is 8.35. The summed E-state index contributed by atoms with van der Waals surface area (Å²) in [6.45, 7) is 5.02. The maximum Gasteiger partial charge on any atom is 0.337 e. The average molecular weight is 439 g/mol. The number of ether oxygens (including phenoxy) is 2. The number of rotatable bonds is 4. The topological polar surface area (TPSA) is 86.6 Å². The maximum absolute atomic E-state index is 12.6. The number of nitrogens with zero attached hydrogens (tertiary/aromatic N) is 3. The molecule has 0 spiro atoms. The summed E-state index contributed by atoms with van der Waals surface area (Å²) in [5, 5.41) is 19.0. The molecule has 8 heteroatoms. The Morgan fingerprint density at radius 3 is 2.34 bits per heavy atom. The van der Waals surface area contributed by atoms with Crippen molar-refractivity contribution in [2.45, 2.75) is 31.9 Å². The van der Waals surface area contributed by atoms with Crippen molar-refractivity contribution in [1.29, 1.82) is 0 Å². The number of aliphatic hydroxyl groups is 1. The van der Waals surface area contributed by atoms with Gasteiger partial charge in [-0.1, -0.05) is 12.1 Å². The van der Waals surface area contributed by atoms with Crippen molar-refractivity contribution < 1.29 is 19.4 Å². The van der Waals surface area contributed by atoms with Gasteiger partial charge in [-0.2, -0.15) is 5.10 Å². The van der Waals surface area contributed by atoms with E-state index in [1.54, 1.807) is 21.3 Å². The van der Waals surface area contributed by atoms with E-state index >= 15 is 0 Å². The van der Waals surface area contributed by atoms with Gasteiger partial charge < -0.3 is 24.8 Å². The van der Waals surface area contributed by atoms with Crippen LogP contribution in [0.3, 0.4) is 0 Å². The predicted molar refractivity (Wildman–Crippen MR) is 124 cm³/mol.